The van der Waals surface area contributed by atoms with Crippen LogP contribution in [-0.4, -0.2) is 92.0 Å². The summed E-state index contributed by atoms with van der Waals surface area (Å²) in [6.45, 7) is 1.61. The number of aryl methyl sites for hydroxylation is 1. The van der Waals surface area contributed by atoms with E-state index in [0.717, 1.165) is 43.7 Å². The molecule has 3 fully saturated rings. The summed E-state index contributed by atoms with van der Waals surface area (Å²) in [6, 6.07) is 7.29. The van der Waals surface area contributed by atoms with E-state index < -0.39 is 63.0 Å². The van der Waals surface area contributed by atoms with Crippen molar-refractivity contribution in [3.63, 3.8) is 0 Å². The van der Waals surface area contributed by atoms with E-state index >= 15 is 4.39 Å². The number of fused-ring (bicyclic) bond motifs is 2. The molecule has 1 unspecified atom stereocenters. The number of carbonyl (C=O) groups excluding carboxylic acids is 3. The Morgan fingerprint density at radius 2 is 1.80 bits per heavy atom. The summed E-state index contributed by atoms with van der Waals surface area (Å²) in [5.41, 5.74) is -0.316. The van der Waals surface area contributed by atoms with E-state index in [1.807, 2.05) is 6.07 Å². The number of halogens is 4. The first-order valence-electron chi connectivity index (χ1n) is 19.3. The first-order valence-corrected chi connectivity index (χ1v) is 21.2. The average molecular weight is 840 g/mol. The summed E-state index contributed by atoms with van der Waals surface area (Å²) in [7, 11) is -2.29. The van der Waals surface area contributed by atoms with Crippen LogP contribution >= 0.6 is 0 Å². The van der Waals surface area contributed by atoms with Gasteiger partial charge < -0.3 is 10.2 Å². The number of rotatable bonds is 8. The van der Waals surface area contributed by atoms with Crippen LogP contribution < -0.4 is 16.3 Å². The summed E-state index contributed by atoms with van der Waals surface area (Å²) >= 11 is 0. The lowest BCUT2D eigenvalue weighted by atomic mass is 9.83. The Morgan fingerprint density at radius 1 is 1.03 bits per heavy atom. The monoisotopic (exact) mass is 839 g/mol. The summed E-state index contributed by atoms with van der Waals surface area (Å²) < 4.78 is 85.8. The van der Waals surface area contributed by atoms with Crippen molar-refractivity contribution in [2.75, 3.05) is 31.2 Å². The van der Waals surface area contributed by atoms with Gasteiger partial charge in [-0.25, -0.2) is 22.6 Å². The number of hydrogen-bond donors (Lipinski definition) is 2. The van der Waals surface area contributed by atoms with Gasteiger partial charge in [-0.15, -0.1) is 0 Å². The number of nitrogens with zero attached hydrogens (tertiary/aromatic N) is 7. The second-order valence-corrected chi connectivity index (χ2v) is 17.8. The maximum absolute atomic E-state index is 16.1. The van der Waals surface area contributed by atoms with Crippen LogP contribution in [-0.2, 0) is 32.7 Å². The number of para-hydroxylation sites is 1. The highest BCUT2D eigenvalue weighted by Crippen LogP contribution is 2.39. The van der Waals surface area contributed by atoms with E-state index in [4.69, 9.17) is 0 Å². The number of aromatic nitrogens is 6. The fourth-order valence-electron chi connectivity index (χ4n) is 8.90. The molecule has 8 rings (SSSR count). The Kier molecular flexibility index (Phi) is 10.4. The van der Waals surface area contributed by atoms with Crippen LogP contribution in [0.4, 0.5) is 23.2 Å². The quantitative estimate of drug-likeness (QED) is 0.164. The number of nitrogens with one attached hydrogen (secondary N) is 2. The number of imide groups is 1. The van der Waals surface area contributed by atoms with E-state index in [1.54, 1.807) is 30.1 Å². The summed E-state index contributed by atoms with van der Waals surface area (Å²) in [6.07, 6.45) is 2.12. The maximum atomic E-state index is 16.1. The molecule has 0 bridgehead atoms. The average Bonchev–Trinajstić information content (AvgIpc) is 3.71. The molecule has 20 heteroatoms. The molecule has 3 amide bonds. The van der Waals surface area contributed by atoms with Gasteiger partial charge in [0.25, 0.3) is 5.91 Å². The number of sulfone groups is 1. The lowest BCUT2D eigenvalue weighted by Gasteiger charge is -2.38. The Morgan fingerprint density at radius 3 is 2.49 bits per heavy atom. The number of amides is 3. The normalized spacial score (nSPS) is 23.5. The van der Waals surface area contributed by atoms with Crippen molar-refractivity contribution in [1.29, 1.82) is 0 Å². The minimum atomic E-state index is -4.83. The van der Waals surface area contributed by atoms with E-state index in [0.29, 0.717) is 53.6 Å². The van der Waals surface area contributed by atoms with Gasteiger partial charge in [-0.05, 0) is 74.8 Å². The van der Waals surface area contributed by atoms with Gasteiger partial charge >= 0.3 is 11.9 Å². The third-order valence-corrected chi connectivity index (χ3v) is 13.0. The largest absolute Gasteiger partial charge is 0.434 e. The molecule has 5 heterocycles. The molecule has 3 atom stereocenters. The highest BCUT2D eigenvalue weighted by molar-refractivity contribution is 7.90. The molecule has 312 valence electrons. The molecule has 2 aliphatic heterocycles. The molecule has 3 aromatic heterocycles. The Balaban J connectivity index is 0.914. The molecule has 2 aromatic carbocycles. The van der Waals surface area contributed by atoms with Crippen LogP contribution in [0.25, 0.3) is 21.9 Å². The molecule has 3 aliphatic rings. The van der Waals surface area contributed by atoms with Crippen molar-refractivity contribution in [1.82, 2.24) is 39.1 Å². The molecule has 2 N–H and O–H groups in total. The summed E-state index contributed by atoms with van der Waals surface area (Å²) in [4.78, 5) is 59.5. The molecule has 15 nitrogen and oxygen atoms in total. The Hall–Kier alpha value is -5.50. The maximum Gasteiger partial charge on any atom is 0.434 e. The lowest BCUT2D eigenvalue weighted by molar-refractivity contribution is -0.141. The van der Waals surface area contributed by atoms with E-state index in [-0.39, 0.29) is 41.9 Å². The molecule has 59 heavy (non-hydrogen) atoms. The van der Waals surface area contributed by atoms with Gasteiger partial charge in [0.05, 0.1) is 45.6 Å². The van der Waals surface area contributed by atoms with Crippen molar-refractivity contribution in [2.24, 2.45) is 13.0 Å². The van der Waals surface area contributed by atoms with Gasteiger partial charge in [-0.3, -0.25) is 38.5 Å². The first kappa shape index (κ1) is 40.3. The fourth-order valence-corrected chi connectivity index (χ4v) is 9.74. The SMILES string of the molecule is Cn1c(=O)n(C2CCC(=O)NC2=O)c2cccc([C@@H]3CCN(CC4CCC(n5cc6cc(NC(=O)c7cncc(C(F)(F)F)n7)c(S(C)(=O)=O)cc6n5)CC4)C[C@H]3F)c21. The second-order valence-electron chi connectivity index (χ2n) is 15.8. The van der Waals surface area contributed by atoms with Crippen molar-refractivity contribution >= 4 is 55.2 Å². The minimum absolute atomic E-state index is 0.00182. The van der Waals surface area contributed by atoms with Crippen LogP contribution in [0, 0.1) is 5.92 Å². The van der Waals surface area contributed by atoms with Crippen LogP contribution in [0.2, 0.25) is 0 Å². The van der Waals surface area contributed by atoms with Gasteiger partial charge in [0.1, 0.15) is 17.9 Å². The lowest BCUT2D eigenvalue weighted by Crippen LogP contribution is -2.44. The molecule has 0 spiro atoms. The van der Waals surface area contributed by atoms with Crippen LogP contribution in [0.3, 0.4) is 0 Å². The summed E-state index contributed by atoms with van der Waals surface area (Å²) in [5.74, 6) is -2.10. The molecular weight excluding hydrogens is 799 g/mol. The van der Waals surface area contributed by atoms with Gasteiger partial charge in [0, 0.05) is 50.3 Å². The van der Waals surface area contributed by atoms with Crippen LogP contribution in [0.15, 0.2) is 58.6 Å². The zero-order chi connectivity index (χ0) is 42.0. The van der Waals surface area contributed by atoms with E-state index in [1.165, 1.54) is 21.3 Å². The third kappa shape index (κ3) is 7.86. The molecule has 2 saturated heterocycles. The highest BCUT2D eigenvalue weighted by atomic mass is 32.2. The number of hydrogen-bond acceptors (Lipinski definition) is 10. The Bertz CT molecular complexity index is 2670. The van der Waals surface area contributed by atoms with Gasteiger partial charge in [0.15, 0.2) is 15.5 Å². The number of carbonyl (C=O) groups is 3. The van der Waals surface area contributed by atoms with Crippen molar-refractivity contribution in [2.45, 2.75) is 80.2 Å². The standard InChI is InChI=1S/C39H41F4N9O6S/c1-49-35-25(4-3-5-30(35)52(38(49)56)31-10-11-34(53)47-37(31)55)24-12-13-50(20-26(24)40)18-21-6-8-23(9-7-21)51-19-22-14-28(32(59(2,57)58)15-27(22)48-51)46-36(54)29-16-44-17-33(45-29)39(41,42)43/h3-5,14-17,19,21,23-24,26,31H,6-13,18,20H2,1-2H3,(H,46,54)(H,47,53,55)/t21?,23?,24-,26+,31?/m0/s1. The second kappa shape index (κ2) is 15.3. The number of benzene rings is 2. The third-order valence-electron chi connectivity index (χ3n) is 11.8. The predicted octanol–water partition coefficient (Wildman–Crippen LogP) is 4.69. The fraction of sp³-hybridized carbons (Fsp3) is 0.462. The zero-order valence-electron chi connectivity index (χ0n) is 32.1. The number of piperidine rings is 2. The topological polar surface area (TPSA) is 183 Å². The molecule has 0 radical (unpaired) electrons. The van der Waals surface area contributed by atoms with Crippen molar-refractivity contribution in [3.8, 4) is 0 Å². The highest BCUT2D eigenvalue weighted by Gasteiger charge is 2.37. The number of imidazole rings is 1. The summed E-state index contributed by atoms with van der Waals surface area (Å²) in [5, 5.41) is 9.88. The minimum Gasteiger partial charge on any atom is -0.319 e. The number of likely N-dealkylation sites (tertiary alicyclic amines) is 1. The van der Waals surface area contributed by atoms with E-state index in [9.17, 15) is 40.8 Å². The van der Waals surface area contributed by atoms with Crippen LogP contribution in [0.1, 0.15) is 84.7 Å². The molecule has 1 saturated carbocycles. The van der Waals surface area contributed by atoms with Crippen molar-refractivity contribution < 1.29 is 40.4 Å². The van der Waals surface area contributed by atoms with Crippen molar-refractivity contribution in [3.05, 3.63) is 76.4 Å². The molecule has 1 aliphatic carbocycles. The van der Waals surface area contributed by atoms with Crippen LogP contribution in [0.5, 0.6) is 0 Å². The zero-order valence-corrected chi connectivity index (χ0v) is 32.9. The number of anilines is 1. The van der Waals surface area contributed by atoms with E-state index in [2.05, 4.69) is 30.6 Å². The van der Waals surface area contributed by atoms with Gasteiger partial charge in [-0.2, -0.15) is 18.3 Å². The Labute approximate surface area is 334 Å². The number of alkyl halides is 4. The van der Waals surface area contributed by atoms with Gasteiger partial charge in [-0.1, -0.05) is 12.1 Å². The first-order chi connectivity index (χ1) is 28.0. The smallest absolute Gasteiger partial charge is 0.319 e. The predicted molar refractivity (Wildman–Crippen MR) is 206 cm³/mol. The molecular formula is C39H41F4N9O6S. The molecule has 5 aromatic rings. The van der Waals surface area contributed by atoms with Gasteiger partial charge in [0.2, 0.25) is 11.8 Å².